The molecule has 6 heteroatoms. The highest BCUT2D eigenvalue weighted by molar-refractivity contribution is 5.47. The van der Waals surface area contributed by atoms with E-state index in [1.807, 2.05) is 0 Å². The van der Waals surface area contributed by atoms with Gasteiger partial charge in [-0.1, -0.05) is 6.42 Å². The van der Waals surface area contributed by atoms with Gasteiger partial charge in [0.1, 0.15) is 5.69 Å². The van der Waals surface area contributed by atoms with E-state index >= 15 is 0 Å². The maximum absolute atomic E-state index is 13.2. The molecule has 1 nitrogen and oxygen atoms in total. The number of nitrogens with one attached hydrogen (secondary N) is 1. The molecule has 1 aromatic carbocycles. The Morgan fingerprint density at radius 3 is 1.71 bits per heavy atom. The van der Waals surface area contributed by atoms with Crippen molar-refractivity contribution < 1.29 is 22.0 Å². The fraction of sp³-hybridized carbons (Fsp3) is 0.455. The first-order valence-corrected chi connectivity index (χ1v) is 5.27. The molecule has 1 aromatic rings. The Bertz CT molecular complexity index is 413. The number of hydrogen-bond acceptors (Lipinski definition) is 1. The number of rotatable bonds is 3. The summed E-state index contributed by atoms with van der Waals surface area (Å²) in [6.07, 6.45) is 2.84. The number of anilines is 1. The fourth-order valence-corrected chi connectivity index (χ4v) is 1.70. The summed E-state index contributed by atoms with van der Waals surface area (Å²) >= 11 is 0. The monoisotopic (exact) mass is 251 g/mol. The zero-order valence-electron chi connectivity index (χ0n) is 8.80. The normalized spacial score (nSPS) is 15.8. The van der Waals surface area contributed by atoms with Crippen LogP contribution in [0, 0.1) is 35.0 Å². The summed E-state index contributed by atoms with van der Waals surface area (Å²) < 4.78 is 64.7. The average molecular weight is 251 g/mol. The molecule has 94 valence electrons. The molecule has 2 rings (SSSR count). The summed E-state index contributed by atoms with van der Waals surface area (Å²) in [4.78, 5) is 0. The molecule has 0 radical (unpaired) electrons. The van der Waals surface area contributed by atoms with Crippen LogP contribution in [0.25, 0.3) is 0 Å². The standard InChI is InChI=1S/C11H10F5N/c12-6-7(13)9(15)11(10(16)8(6)14)17-4-5-2-1-3-5/h5,17H,1-4H2. The zero-order valence-corrected chi connectivity index (χ0v) is 8.80. The van der Waals surface area contributed by atoms with Crippen molar-refractivity contribution in [3.63, 3.8) is 0 Å². The third kappa shape index (κ3) is 2.08. The Kier molecular flexibility index (Phi) is 3.22. The third-order valence-electron chi connectivity index (χ3n) is 3.00. The summed E-state index contributed by atoms with van der Waals surface area (Å²) in [5.74, 6) is -9.33. The van der Waals surface area contributed by atoms with Crippen LogP contribution in [0.3, 0.4) is 0 Å². The van der Waals surface area contributed by atoms with E-state index in [1.165, 1.54) is 0 Å². The lowest BCUT2D eigenvalue weighted by Gasteiger charge is -2.26. The van der Waals surface area contributed by atoms with Crippen LogP contribution in [0.2, 0.25) is 0 Å². The van der Waals surface area contributed by atoms with Gasteiger partial charge in [-0.05, 0) is 18.8 Å². The molecule has 0 aliphatic heterocycles. The van der Waals surface area contributed by atoms with Crippen LogP contribution in [0.5, 0.6) is 0 Å². The Balaban J connectivity index is 2.25. The highest BCUT2D eigenvalue weighted by Crippen LogP contribution is 2.30. The molecule has 0 aromatic heterocycles. The van der Waals surface area contributed by atoms with Gasteiger partial charge in [0.25, 0.3) is 0 Å². The molecular formula is C11H10F5N. The summed E-state index contributed by atoms with van der Waals surface area (Å²) in [6, 6.07) is 0. The lowest BCUT2D eigenvalue weighted by molar-refractivity contribution is 0.331. The topological polar surface area (TPSA) is 12.0 Å². The largest absolute Gasteiger partial charge is 0.380 e. The van der Waals surface area contributed by atoms with Gasteiger partial charge in [-0.25, -0.2) is 22.0 Å². The van der Waals surface area contributed by atoms with E-state index in [0.717, 1.165) is 19.3 Å². The molecule has 17 heavy (non-hydrogen) atoms. The SMILES string of the molecule is Fc1c(F)c(F)c(NCC2CCC2)c(F)c1F. The van der Waals surface area contributed by atoms with E-state index in [2.05, 4.69) is 5.32 Å². The summed E-state index contributed by atoms with van der Waals surface area (Å²) in [5.41, 5.74) is -0.937. The first kappa shape index (κ1) is 12.1. The van der Waals surface area contributed by atoms with Gasteiger partial charge >= 0.3 is 0 Å². The molecular weight excluding hydrogens is 241 g/mol. The van der Waals surface area contributed by atoms with Crippen molar-refractivity contribution in [2.45, 2.75) is 19.3 Å². The van der Waals surface area contributed by atoms with Gasteiger partial charge in [-0.2, -0.15) is 0 Å². The second kappa shape index (κ2) is 4.50. The first-order chi connectivity index (χ1) is 8.02. The quantitative estimate of drug-likeness (QED) is 0.491. The van der Waals surface area contributed by atoms with Gasteiger partial charge in [0, 0.05) is 6.54 Å². The van der Waals surface area contributed by atoms with Crippen LogP contribution in [0.15, 0.2) is 0 Å². The number of hydrogen-bond donors (Lipinski definition) is 1. The van der Waals surface area contributed by atoms with Gasteiger partial charge in [-0.15, -0.1) is 0 Å². The van der Waals surface area contributed by atoms with Crippen LogP contribution in [0.1, 0.15) is 19.3 Å². The smallest absolute Gasteiger partial charge is 0.200 e. The second-order valence-electron chi connectivity index (χ2n) is 4.12. The average Bonchev–Trinajstić information content (AvgIpc) is 2.26. The molecule has 0 saturated heterocycles. The van der Waals surface area contributed by atoms with Crippen molar-refractivity contribution in [2.24, 2.45) is 5.92 Å². The first-order valence-electron chi connectivity index (χ1n) is 5.27. The van der Waals surface area contributed by atoms with Crippen LogP contribution >= 0.6 is 0 Å². The Morgan fingerprint density at radius 2 is 1.29 bits per heavy atom. The van der Waals surface area contributed by atoms with Gasteiger partial charge in [0.15, 0.2) is 23.3 Å². The molecule has 1 saturated carbocycles. The predicted molar refractivity (Wildman–Crippen MR) is 52.1 cm³/mol. The predicted octanol–water partition coefficient (Wildman–Crippen LogP) is 3.59. The van der Waals surface area contributed by atoms with Crippen molar-refractivity contribution in [1.82, 2.24) is 0 Å². The van der Waals surface area contributed by atoms with E-state index in [1.54, 1.807) is 0 Å². The van der Waals surface area contributed by atoms with Gasteiger partial charge in [-0.3, -0.25) is 0 Å². The molecule has 1 fully saturated rings. The lowest BCUT2D eigenvalue weighted by Crippen LogP contribution is -2.22. The summed E-state index contributed by atoms with van der Waals surface area (Å²) in [5, 5.41) is 2.30. The lowest BCUT2D eigenvalue weighted by atomic mass is 9.85. The minimum Gasteiger partial charge on any atom is -0.380 e. The van der Waals surface area contributed by atoms with Gasteiger partial charge in [0.2, 0.25) is 5.82 Å². The molecule has 1 aliphatic carbocycles. The Morgan fingerprint density at radius 1 is 0.824 bits per heavy atom. The number of halogens is 5. The minimum atomic E-state index is -2.13. The fourth-order valence-electron chi connectivity index (χ4n) is 1.70. The van der Waals surface area contributed by atoms with Crippen LogP contribution < -0.4 is 5.32 Å². The van der Waals surface area contributed by atoms with E-state index in [4.69, 9.17) is 0 Å². The maximum Gasteiger partial charge on any atom is 0.200 e. The third-order valence-corrected chi connectivity index (χ3v) is 3.00. The van der Waals surface area contributed by atoms with Crippen LogP contribution in [-0.2, 0) is 0 Å². The van der Waals surface area contributed by atoms with Gasteiger partial charge < -0.3 is 5.32 Å². The molecule has 0 heterocycles. The van der Waals surface area contributed by atoms with Gasteiger partial charge in [0.05, 0.1) is 0 Å². The summed E-state index contributed by atoms with van der Waals surface area (Å²) in [7, 11) is 0. The molecule has 1 aliphatic rings. The van der Waals surface area contributed by atoms with Crippen molar-refractivity contribution in [2.75, 3.05) is 11.9 Å². The molecule has 0 amide bonds. The van der Waals surface area contributed by atoms with E-state index in [-0.39, 0.29) is 12.5 Å². The van der Waals surface area contributed by atoms with E-state index < -0.39 is 34.8 Å². The highest BCUT2D eigenvalue weighted by atomic mass is 19.2. The molecule has 0 atom stereocenters. The van der Waals surface area contributed by atoms with Crippen molar-refractivity contribution >= 4 is 5.69 Å². The minimum absolute atomic E-state index is 0.221. The Hall–Kier alpha value is -1.33. The van der Waals surface area contributed by atoms with Crippen molar-refractivity contribution in [3.05, 3.63) is 29.1 Å². The summed E-state index contributed by atoms with van der Waals surface area (Å²) in [6.45, 7) is 0.221. The van der Waals surface area contributed by atoms with E-state index in [0.29, 0.717) is 0 Å². The van der Waals surface area contributed by atoms with Crippen molar-refractivity contribution in [3.8, 4) is 0 Å². The highest BCUT2D eigenvalue weighted by Gasteiger charge is 2.26. The maximum atomic E-state index is 13.2. The van der Waals surface area contributed by atoms with Crippen LogP contribution in [-0.4, -0.2) is 6.54 Å². The Labute approximate surface area is 94.6 Å². The second-order valence-corrected chi connectivity index (χ2v) is 4.12. The molecule has 0 bridgehead atoms. The zero-order chi connectivity index (χ0) is 12.6. The van der Waals surface area contributed by atoms with Crippen LogP contribution in [0.4, 0.5) is 27.6 Å². The molecule has 0 spiro atoms. The molecule has 0 unspecified atom stereocenters. The number of benzene rings is 1. The molecule has 1 N–H and O–H groups in total. The van der Waals surface area contributed by atoms with Crippen molar-refractivity contribution in [1.29, 1.82) is 0 Å². The van der Waals surface area contributed by atoms with E-state index in [9.17, 15) is 22.0 Å².